The molecule has 2 aromatic carbocycles. The summed E-state index contributed by atoms with van der Waals surface area (Å²) in [5, 5.41) is 7.87. The van der Waals surface area contributed by atoms with Crippen LogP contribution in [0.25, 0.3) is 10.9 Å². The van der Waals surface area contributed by atoms with Crippen molar-refractivity contribution in [2.45, 2.75) is 19.0 Å². The van der Waals surface area contributed by atoms with E-state index in [1.54, 1.807) is 7.05 Å². The molecule has 0 aliphatic carbocycles. The lowest BCUT2D eigenvalue weighted by Gasteiger charge is -2.18. The molecule has 28 heavy (non-hydrogen) atoms. The summed E-state index contributed by atoms with van der Waals surface area (Å²) >= 11 is 0. The lowest BCUT2D eigenvalue weighted by molar-refractivity contribution is -0.117. The molecule has 0 spiro atoms. The highest BCUT2D eigenvalue weighted by Crippen LogP contribution is 2.21. The van der Waals surface area contributed by atoms with Gasteiger partial charge in [-0.15, -0.1) is 24.0 Å². The van der Waals surface area contributed by atoms with Crippen LogP contribution in [-0.2, 0) is 11.3 Å². The number of amides is 1. The standard InChI is InChI=1S/C21H23N5O.HI/c1-22-21(23-13-16-11-15-7-5-6-10-19(15)24-16)25-17-12-20(27)26(14-17)18-8-3-2-4-9-18;/h2-11,17,24H,12-14H2,1H3,(H2,22,23,25);1H. The Morgan fingerprint density at radius 3 is 2.68 bits per heavy atom. The van der Waals surface area contributed by atoms with Gasteiger partial charge in [0.1, 0.15) is 0 Å². The number of aromatic amines is 1. The van der Waals surface area contributed by atoms with Gasteiger partial charge in [-0.2, -0.15) is 0 Å². The summed E-state index contributed by atoms with van der Waals surface area (Å²) < 4.78 is 0. The Bertz CT molecular complexity index is 936. The van der Waals surface area contributed by atoms with Crippen molar-refractivity contribution in [3.8, 4) is 0 Å². The summed E-state index contributed by atoms with van der Waals surface area (Å²) in [5.41, 5.74) is 3.15. The number of hydrogen-bond acceptors (Lipinski definition) is 2. The number of halogens is 1. The van der Waals surface area contributed by atoms with Crippen molar-refractivity contribution in [3.63, 3.8) is 0 Å². The van der Waals surface area contributed by atoms with E-state index < -0.39 is 0 Å². The molecule has 1 unspecified atom stereocenters. The SMILES string of the molecule is CN=C(NCc1cc2ccccc2[nH]1)NC1CC(=O)N(c2ccccc2)C1.I. The van der Waals surface area contributed by atoms with Gasteiger partial charge in [0.05, 0.1) is 12.6 Å². The average Bonchev–Trinajstić information content (AvgIpc) is 3.28. The molecule has 0 bridgehead atoms. The van der Waals surface area contributed by atoms with Gasteiger partial charge in [-0.1, -0.05) is 36.4 Å². The smallest absolute Gasteiger partial charge is 0.229 e. The first-order valence-electron chi connectivity index (χ1n) is 9.12. The molecule has 4 rings (SSSR count). The van der Waals surface area contributed by atoms with E-state index in [1.807, 2.05) is 47.4 Å². The molecular formula is C21H24IN5O. The molecule has 3 aromatic rings. The van der Waals surface area contributed by atoms with Crippen molar-refractivity contribution in [1.29, 1.82) is 0 Å². The Balaban J connectivity index is 0.00000225. The molecule has 1 amide bonds. The van der Waals surface area contributed by atoms with Crippen molar-refractivity contribution in [1.82, 2.24) is 15.6 Å². The summed E-state index contributed by atoms with van der Waals surface area (Å²) in [4.78, 5) is 21.9. The fourth-order valence-corrected chi connectivity index (χ4v) is 3.46. The molecule has 0 radical (unpaired) electrons. The molecular weight excluding hydrogens is 465 g/mol. The number of aromatic nitrogens is 1. The molecule has 3 N–H and O–H groups in total. The molecule has 1 aliphatic heterocycles. The second kappa shape index (κ2) is 9.09. The van der Waals surface area contributed by atoms with Crippen molar-refractivity contribution in [3.05, 3.63) is 66.4 Å². The first kappa shape index (κ1) is 20.2. The minimum absolute atomic E-state index is 0. The minimum atomic E-state index is 0. The monoisotopic (exact) mass is 489 g/mol. The third-order valence-corrected chi connectivity index (χ3v) is 4.79. The number of carbonyl (C=O) groups is 1. The Morgan fingerprint density at radius 1 is 1.18 bits per heavy atom. The highest BCUT2D eigenvalue weighted by Gasteiger charge is 2.31. The summed E-state index contributed by atoms with van der Waals surface area (Å²) in [5.74, 6) is 0.825. The number of para-hydroxylation sites is 2. The van der Waals surface area contributed by atoms with Gasteiger partial charge in [-0.3, -0.25) is 9.79 Å². The van der Waals surface area contributed by atoms with Gasteiger partial charge in [0.25, 0.3) is 0 Å². The van der Waals surface area contributed by atoms with Crippen LogP contribution >= 0.6 is 24.0 Å². The first-order chi connectivity index (χ1) is 13.2. The van der Waals surface area contributed by atoms with E-state index >= 15 is 0 Å². The van der Waals surface area contributed by atoms with Crippen molar-refractivity contribution >= 4 is 52.4 Å². The van der Waals surface area contributed by atoms with Crippen LogP contribution in [0.2, 0.25) is 0 Å². The van der Waals surface area contributed by atoms with Gasteiger partial charge in [0, 0.05) is 36.9 Å². The van der Waals surface area contributed by atoms with Crippen molar-refractivity contribution < 1.29 is 4.79 Å². The molecule has 1 aliphatic rings. The average molecular weight is 489 g/mol. The van der Waals surface area contributed by atoms with Crippen LogP contribution in [0.15, 0.2) is 65.7 Å². The molecule has 6 nitrogen and oxygen atoms in total. The third-order valence-electron chi connectivity index (χ3n) is 4.79. The van der Waals surface area contributed by atoms with Gasteiger partial charge in [-0.05, 0) is 29.7 Å². The van der Waals surface area contributed by atoms with E-state index in [9.17, 15) is 4.79 Å². The van der Waals surface area contributed by atoms with Crippen LogP contribution in [-0.4, -0.2) is 36.5 Å². The van der Waals surface area contributed by atoms with E-state index in [1.165, 1.54) is 5.39 Å². The Hall–Kier alpha value is -2.55. The summed E-state index contributed by atoms with van der Waals surface area (Å²) in [6, 6.07) is 20.1. The largest absolute Gasteiger partial charge is 0.357 e. The Morgan fingerprint density at radius 2 is 1.93 bits per heavy atom. The summed E-state index contributed by atoms with van der Waals surface area (Å²) in [7, 11) is 1.74. The maximum atomic E-state index is 12.4. The zero-order valence-electron chi connectivity index (χ0n) is 15.7. The molecule has 2 heterocycles. The predicted molar refractivity (Wildman–Crippen MR) is 124 cm³/mol. The van der Waals surface area contributed by atoms with Crippen molar-refractivity contribution in [2.75, 3.05) is 18.5 Å². The Kier molecular flexibility index (Phi) is 6.56. The number of rotatable bonds is 4. The fraction of sp³-hybridized carbons (Fsp3) is 0.238. The number of carbonyl (C=O) groups excluding carboxylic acids is 1. The van der Waals surface area contributed by atoms with E-state index in [-0.39, 0.29) is 35.9 Å². The number of H-pyrrole nitrogens is 1. The zero-order chi connectivity index (χ0) is 18.6. The van der Waals surface area contributed by atoms with Crippen molar-refractivity contribution in [2.24, 2.45) is 4.99 Å². The van der Waals surface area contributed by atoms with E-state index in [0.717, 1.165) is 16.9 Å². The number of nitrogens with one attached hydrogen (secondary N) is 3. The molecule has 1 atom stereocenters. The molecule has 1 aromatic heterocycles. The highest BCUT2D eigenvalue weighted by molar-refractivity contribution is 14.0. The first-order valence-corrected chi connectivity index (χ1v) is 9.12. The van der Waals surface area contributed by atoms with E-state index in [0.29, 0.717) is 25.5 Å². The zero-order valence-corrected chi connectivity index (χ0v) is 18.0. The van der Waals surface area contributed by atoms with Gasteiger partial charge >= 0.3 is 0 Å². The summed E-state index contributed by atoms with van der Waals surface area (Å²) in [6.07, 6.45) is 0.460. The molecule has 146 valence electrons. The number of fused-ring (bicyclic) bond motifs is 1. The van der Waals surface area contributed by atoms with Gasteiger partial charge < -0.3 is 20.5 Å². The topological polar surface area (TPSA) is 72.5 Å². The van der Waals surface area contributed by atoms with Crippen LogP contribution in [0, 0.1) is 0 Å². The number of aliphatic imine (C=N–C) groups is 1. The van der Waals surface area contributed by atoms with Gasteiger partial charge in [0.15, 0.2) is 5.96 Å². The number of nitrogens with zero attached hydrogens (tertiary/aromatic N) is 2. The van der Waals surface area contributed by atoms with Crippen LogP contribution in [0.5, 0.6) is 0 Å². The van der Waals surface area contributed by atoms with Gasteiger partial charge in [0.2, 0.25) is 5.91 Å². The predicted octanol–water partition coefficient (Wildman–Crippen LogP) is 3.26. The highest BCUT2D eigenvalue weighted by atomic mass is 127. The Labute approximate surface area is 181 Å². The number of hydrogen-bond donors (Lipinski definition) is 3. The molecule has 7 heteroatoms. The maximum absolute atomic E-state index is 12.4. The number of anilines is 1. The van der Waals surface area contributed by atoms with Crippen LogP contribution in [0.4, 0.5) is 5.69 Å². The fourth-order valence-electron chi connectivity index (χ4n) is 3.46. The van der Waals surface area contributed by atoms with E-state index in [2.05, 4.69) is 38.8 Å². The molecule has 0 saturated carbocycles. The maximum Gasteiger partial charge on any atom is 0.229 e. The normalized spacial score (nSPS) is 16.9. The van der Waals surface area contributed by atoms with Crippen LogP contribution in [0.1, 0.15) is 12.1 Å². The minimum Gasteiger partial charge on any atom is -0.357 e. The number of guanidine groups is 1. The third kappa shape index (κ3) is 4.46. The van der Waals surface area contributed by atoms with Crippen LogP contribution < -0.4 is 15.5 Å². The quantitative estimate of drug-likeness (QED) is 0.300. The lowest BCUT2D eigenvalue weighted by Crippen LogP contribution is -2.44. The lowest BCUT2D eigenvalue weighted by atomic mass is 10.2. The summed E-state index contributed by atoms with van der Waals surface area (Å²) in [6.45, 7) is 1.27. The second-order valence-corrected chi connectivity index (χ2v) is 6.69. The van der Waals surface area contributed by atoms with Gasteiger partial charge in [-0.25, -0.2) is 0 Å². The second-order valence-electron chi connectivity index (χ2n) is 6.69. The van der Waals surface area contributed by atoms with E-state index in [4.69, 9.17) is 0 Å². The van der Waals surface area contributed by atoms with Crippen LogP contribution in [0.3, 0.4) is 0 Å². The molecule has 1 fully saturated rings. The number of benzene rings is 2. The molecule has 1 saturated heterocycles.